The molecular weight excluding hydrogens is 255 g/mol. The van der Waals surface area contributed by atoms with Gasteiger partial charge in [-0.05, 0) is 12.1 Å². The highest BCUT2D eigenvalue weighted by molar-refractivity contribution is 5.93. The number of carboxylic acids is 1. The number of para-hydroxylation sites is 1. The maximum atomic E-state index is 13.2. The van der Waals surface area contributed by atoms with Crippen LogP contribution in [0.4, 0.5) is 10.1 Å². The molecule has 102 valence electrons. The van der Waals surface area contributed by atoms with Gasteiger partial charge in [0, 0.05) is 12.8 Å². The van der Waals surface area contributed by atoms with Crippen LogP contribution in [0.15, 0.2) is 24.3 Å². The molecule has 0 radical (unpaired) electrons. The first-order valence-corrected chi connectivity index (χ1v) is 5.52. The fourth-order valence-corrected chi connectivity index (χ4v) is 1.26. The lowest BCUT2D eigenvalue weighted by Gasteiger charge is -2.06. The second-order valence-corrected chi connectivity index (χ2v) is 3.70. The lowest BCUT2D eigenvalue weighted by atomic mass is 10.2. The van der Waals surface area contributed by atoms with Crippen molar-refractivity contribution in [3.05, 3.63) is 30.1 Å². The molecule has 0 fully saturated rings. The Hall–Kier alpha value is -2.44. The highest BCUT2D eigenvalue weighted by Gasteiger charge is 2.09. The maximum Gasteiger partial charge on any atom is 0.322 e. The van der Waals surface area contributed by atoms with Crippen LogP contribution in [0.25, 0.3) is 0 Å². The van der Waals surface area contributed by atoms with Crippen LogP contribution >= 0.6 is 0 Å². The summed E-state index contributed by atoms with van der Waals surface area (Å²) < 4.78 is 13.2. The highest BCUT2D eigenvalue weighted by atomic mass is 19.1. The molecule has 0 aliphatic carbocycles. The molecule has 1 aromatic rings. The molecule has 1 aromatic carbocycles. The standard InChI is InChI=1S/C12H13FN2O4/c13-8-3-1-2-4-9(8)15-11(17)6-5-10(16)14-7-12(18)19/h1-4H,5-7H2,(H,14,16)(H,15,17)(H,18,19). The molecule has 0 saturated heterocycles. The van der Waals surface area contributed by atoms with Gasteiger partial charge in [0.25, 0.3) is 0 Å². The summed E-state index contributed by atoms with van der Waals surface area (Å²) in [5.74, 6) is -2.79. The number of aliphatic carboxylic acids is 1. The Labute approximate surface area is 108 Å². The third-order valence-corrected chi connectivity index (χ3v) is 2.16. The van der Waals surface area contributed by atoms with Gasteiger partial charge < -0.3 is 15.7 Å². The number of amides is 2. The van der Waals surface area contributed by atoms with E-state index in [1.807, 2.05) is 0 Å². The van der Waals surface area contributed by atoms with Gasteiger partial charge in [-0.3, -0.25) is 14.4 Å². The molecule has 1 rings (SSSR count). The summed E-state index contributed by atoms with van der Waals surface area (Å²) in [5, 5.41) is 12.8. The molecule has 0 aliphatic heterocycles. The molecule has 0 saturated carbocycles. The van der Waals surface area contributed by atoms with Gasteiger partial charge in [-0.15, -0.1) is 0 Å². The van der Waals surface area contributed by atoms with Gasteiger partial charge in [-0.1, -0.05) is 12.1 Å². The number of carboxylic acid groups (broad SMARTS) is 1. The summed E-state index contributed by atoms with van der Waals surface area (Å²) in [6.07, 6.45) is -0.312. The first-order valence-electron chi connectivity index (χ1n) is 5.52. The number of benzene rings is 1. The molecule has 0 atom stereocenters. The van der Waals surface area contributed by atoms with E-state index in [4.69, 9.17) is 5.11 Å². The largest absolute Gasteiger partial charge is 0.480 e. The normalized spacial score (nSPS) is 9.74. The molecule has 2 amide bonds. The van der Waals surface area contributed by atoms with Crippen molar-refractivity contribution >= 4 is 23.5 Å². The predicted molar refractivity (Wildman–Crippen MR) is 64.9 cm³/mol. The molecule has 0 heterocycles. The highest BCUT2D eigenvalue weighted by Crippen LogP contribution is 2.12. The summed E-state index contributed by atoms with van der Waals surface area (Å²) in [4.78, 5) is 32.8. The molecule has 0 aromatic heterocycles. The molecule has 7 heteroatoms. The van der Waals surface area contributed by atoms with E-state index in [0.29, 0.717) is 0 Å². The van der Waals surface area contributed by atoms with Crippen LogP contribution in [-0.4, -0.2) is 29.4 Å². The van der Waals surface area contributed by atoms with Crippen LogP contribution in [0.5, 0.6) is 0 Å². The van der Waals surface area contributed by atoms with E-state index in [1.54, 1.807) is 6.07 Å². The van der Waals surface area contributed by atoms with Crippen molar-refractivity contribution in [1.29, 1.82) is 0 Å². The van der Waals surface area contributed by atoms with Gasteiger partial charge in [-0.25, -0.2) is 4.39 Å². The minimum absolute atomic E-state index is 0.0402. The Morgan fingerprint density at radius 3 is 2.37 bits per heavy atom. The molecule has 3 N–H and O–H groups in total. The second-order valence-electron chi connectivity index (χ2n) is 3.70. The third kappa shape index (κ3) is 5.62. The van der Waals surface area contributed by atoms with Crippen molar-refractivity contribution < 1.29 is 23.9 Å². The van der Waals surface area contributed by atoms with E-state index >= 15 is 0 Å². The zero-order valence-corrected chi connectivity index (χ0v) is 9.98. The van der Waals surface area contributed by atoms with Gasteiger partial charge in [0.2, 0.25) is 11.8 Å². The summed E-state index contributed by atoms with van der Waals surface area (Å²) in [6, 6.07) is 5.66. The summed E-state index contributed by atoms with van der Waals surface area (Å²) in [6.45, 7) is -0.492. The molecule has 19 heavy (non-hydrogen) atoms. The van der Waals surface area contributed by atoms with E-state index in [9.17, 15) is 18.8 Å². The number of rotatable bonds is 6. The Balaban J connectivity index is 2.34. The number of anilines is 1. The summed E-state index contributed by atoms with van der Waals surface area (Å²) in [5.41, 5.74) is 0.0402. The van der Waals surface area contributed by atoms with E-state index in [0.717, 1.165) is 0 Å². The lowest BCUT2D eigenvalue weighted by Crippen LogP contribution is -2.29. The molecule has 6 nitrogen and oxygen atoms in total. The Morgan fingerprint density at radius 1 is 1.11 bits per heavy atom. The average molecular weight is 268 g/mol. The van der Waals surface area contributed by atoms with Gasteiger partial charge in [0.15, 0.2) is 0 Å². The van der Waals surface area contributed by atoms with Crippen molar-refractivity contribution in [2.24, 2.45) is 0 Å². The smallest absolute Gasteiger partial charge is 0.322 e. The zero-order valence-electron chi connectivity index (χ0n) is 9.98. The fourth-order valence-electron chi connectivity index (χ4n) is 1.26. The molecule has 0 spiro atoms. The molecule has 0 aliphatic rings. The number of nitrogens with one attached hydrogen (secondary N) is 2. The summed E-state index contributed by atoms with van der Waals surface area (Å²) in [7, 11) is 0. The maximum absolute atomic E-state index is 13.2. The topological polar surface area (TPSA) is 95.5 Å². The first kappa shape index (κ1) is 14.6. The van der Waals surface area contributed by atoms with Gasteiger partial charge in [0.05, 0.1) is 5.69 Å². The minimum Gasteiger partial charge on any atom is -0.480 e. The lowest BCUT2D eigenvalue weighted by molar-refractivity contribution is -0.138. The van der Waals surface area contributed by atoms with Crippen molar-refractivity contribution in [2.45, 2.75) is 12.8 Å². The van der Waals surface area contributed by atoms with Crippen LogP contribution in [0.2, 0.25) is 0 Å². The van der Waals surface area contributed by atoms with Crippen LogP contribution in [-0.2, 0) is 14.4 Å². The van der Waals surface area contributed by atoms with E-state index in [1.165, 1.54) is 18.2 Å². The number of carbonyl (C=O) groups excluding carboxylic acids is 2. The van der Waals surface area contributed by atoms with Gasteiger partial charge in [0.1, 0.15) is 12.4 Å². The number of hydrogen-bond donors (Lipinski definition) is 3. The Bertz CT molecular complexity index is 490. The zero-order chi connectivity index (χ0) is 14.3. The van der Waals surface area contributed by atoms with Crippen LogP contribution < -0.4 is 10.6 Å². The van der Waals surface area contributed by atoms with Gasteiger partial charge in [-0.2, -0.15) is 0 Å². The summed E-state index contributed by atoms with van der Waals surface area (Å²) >= 11 is 0. The van der Waals surface area contributed by atoms with E-state index in [2.05, 4.69) is 10.6 Å². The fraction of sp³-hybridized carbons (Fsp3) is 0.250. The Morgan fingerprint density at radius 2 is 1.74 bits per heavy atom. The van der Waals surface area contributed by atoms with Gasteiger partial charge >= 0.3 is 5.97 Å². The second kappa shape index (κ2) is 7.10. The van der Waals surface area contributed by atoms with Crippen molar-refractivity contribution in [3.63, 3.8) is 0 Å². The quantitative estimate of drug-likeness (QED) is 0.709. The Kier molecular flexibility index (Phi) is 5.46. The molecule has 0 bridgehead atoms. The van der Waals surface area contributed by atoms with Crippen LogP contribution in [0.3, 0.4) is 0 Å². The van der Waals surface area contributed by atoms with E-state index in [-0.39, 0.29) is 18.5 Å². The van der Waals surface area contributed by atoms with Crippen molar-refractivity contribution in [1.82, 2.24) is 5.32 Å². The van der Waals surface area contributed by atoms with Crippen LogP contribution in [0.1, 0.15) is 12.8 Å². The number of carbonyl (C=O) groups is 3. The number of halogens is 1. The van der Waals surface area contributed by atoms with Crippen molar-refractivity contribution in [2.75, 3.05) is 11.9 Å². The number of hydrogen-bond acceptors (Lipinski definition) is 3. The van der Waals surface area contributed by atoms with Crippen molar-refractivity contribution in [3.8, 4) is 0 Å². The van der Waals surface area contributed by atoms with Crippen LogP contribution in [0, 0.1) is 5.82 Å². The monoisotopic (exact) mass is 268 g/mol. The average Bonchev–Trinajstić information content (AvgIpc) is 2.36. The predicted octanol–water partition coefficient (Wildman–Crippen LogP) is 0.745. The minimum atomic E-state index is -1.16. The first-order chi connectivity index (χ1) is 8.99. The van der Waals surface area contributed by atoms with E-state index < -0.39 is 30.1 Å². The molecule has 0 unspecified atom stereocenters. The molecular formula is C12H13FN2O4. The SMILES string of the molecule is O=C(O)CNC(=O)CCC(=O)Nc1ccccc1F. The third-order valence-electron chi connectivity index (χ3n) is 2.16.